The van der Waals surface area contributed by atoms with Crippen LogP contribution in [0, 0.1) is 10.1 Å². The first-order valence-electron chi connectivity index (χ1n) is 7.56. The van der Waals surface area contributed by atoms with Crippen LogP contribution in [-0.4, -0.2) is 42.9 Å². The third-order valence-corrected chi connectivity index (χ3v) is 3.30. The van der Waals surface area contributed by atoms with Crippen LogP contribution >= 0.6 is 0 Å². The number of nitrogens with one attached hydrogen (secondary N) is 1. The van der Waals surface area contributed by atoms with Crippen molar-refractivity contribution in [3.63, 3.8) is 0 Å². The van der Waals surface area contributed by atoms with Crippen molar-refractivity contribution in [3.05, 3.63) is 58.1 Å². The van der Waals surface area contributed by atoms with Crippen LogP contribution in [0.1, 0.15) is 5.56 Å². The highest BCUT2D eigenvalue weighted by molar-refractivity contribution is 5.84. The molecule has 136 valence electrons. The normalized spacial score (nSPS) is 10.5. The number of carbonyl (C=O) groups is 1. The number of carbonyl (C=O) groups excluding carboxylic acids is 1. The molecule has 26 heavy (non-hydrogen) atoms. The first-order chi connectivity index (χ1) is 12.4. The van der Waals surface area contributed by atoms with Crippen molar-refractivity contribution in [3.8, 4) is 11.5 Å². The number of hydrazone groups is 1. The summed E-state index contributed by atoms with van der Waals surface area (Å²) >= 11 is 0. The zero-order chi connectivity index (χ0) is 19.1. The molecule has 0 saturated heterocycles. The van der Waals surface area contributed by atoms with E-state index in [2.05, 4.69) is 10.5 Å². The van der Waals surface area contributed by atoms with Gasteiger partial charge in [-0.3, -0.25) is 14.9 Å². The first-order valence-corrected chi connectivity index (χ1v) is 7.56. The lowest BCUT2D eigenvalue weighted by molar-refractivity contribution is -0.385. The summed E-state index contributed by atoms with van der Waals surface area (Å²) in [6.45, 7) is -0.232. The van der Waals surface area contributed by atoms with E-state index in [9.17, 15) is 20.0 Å². The van der Waals surface area contributed by atoms with Crippen LogP contribution in [0.5, 0.6) is 11.5 Å². The maximum atomic E-state index is 11.7. The zero-order valence-corrected chi connectivity index (χ0v) is 14.2. The number of amides is 1. The Bertz CT molecular complexity index is 836. The predicted octanol–water partition coefficient (Wildman–Crippen LogP) is 1.90. The van der Waals surface area contributed by atoms with Crippen molar-refractivity contribution in [2.75, 3.05) is 25.6 Å². The summed E-state index contributed by atoms with van der Waals surface area (Å²) in [6, 6.07) is 11.0. The molecule has 2 N–H and O–H groups in total. The Kier molecular flexibility index (Phi) is 6.10. The van der Waals surface area contributed by atoms with Crippen LogP contribution in [0.25, 0.3) is 0 Å². The van der Waals surface area contributed by atoms with E-state index in [0.717, 1.165) is 11.8 Å². The molecule has 0 saturated carbocycles. The van der Waals surface area contributed by atoms with Crippen molar-refractivity contribution in [1.82, 2.24) is 5.43 Å². The number of ether oxygens (including phenoxy) is 1. The maximum Gasteiger partial charge on any atom is 0.311 e. The van der Waals surface area contributed by atoms with Gasteiger partial charge in [0.05, 0.1) is 11.1 Å². The Hall–Kier alpha value is -3.62. The van der Waals surface area contributed by atoms with Gasteiger partial charge in [-0.05, 0) is 24.3 Å². The number of nitrogens with zero attached hydrogens (tertiary/aromatic N) is 3. The lowest BCUT2D eigenvalue weighted by Crippen LogP contribution is -2.24. The summed E-state index contributed by atoms with van der Waals surface area (Å²) in [7, 11) is 3.79. The summed E-state index contributed by atoms with van der Waals surface area (Å²) in [5, 5.41) is 23.8. The Balaban J connectivity index is 1.89. The van der Waals surface area contributed by atoms with Gasteiger partial charge in [-0.25, -0.2) is 5.43 Å². The molecular weight excluding hydrogens is 340 g/mol. The Morgan fingerprint density at radius 1 is 1.35 bits per heavy atom. The number of nitro benzene ring substituents is 1. The quantitative estimate of drug-likeness (QED) is 0.443. The first kappa shape index (κ1) is 18.7. The molecule has 0 radical (unpaired) electrons. The zero-order valence-electron chi connectivity index (χ0n) is 14.2. The van der Waals surface area contributed by atoms with Gasteiger partial charge in [0.1, 0.15) is 5.75 Å². The molecule has 0 spiro atoms. The maximum absolute atomic E-state index is 11.7. The van der Waals surface area contributed by atoms with Crippen LogP contribution in [0.4, 0.5) is 11.4 Å². The smallest absolute Gasteiger partial charge is 0.311 e. The van der Waals surface area contributed by atoms with Crippen LogP contribution < -0.4 is 15.1 Å². The third-order valence-electron chi connectivity index (χ3n) is 3.30. The molecule has 2 aromatic carbocycles. The van der Waals surface area contributed by atoms with Gasteiger partial charge in [-0.15, -0.1) is 0 Å². The van der Waals surface area contributed by atoms with Crippen molar-refractivity contribution < 1.29 is 19.6 Å². The summed E-state index contributed by atoms with van der Waals surface area (Å²) in [4.78, 5) is 23.7. The summed E-state index contributed by atoms with van der Waals surface area (Å²) < 4.78 is 5.39. The van der Waals surface area contributed by atoms with E-state index in [1.165, 1.54) is 18.3 Å². The van der Waals surface area contributed by atoms with E-state index in [0.29, 0.717) is 11.3 Å². The van der Waals surface area contributed by atoms with Gasteiger partial charge in [0.15, 0.2) is 12.4 Å². The second kappa shape index (κ2) is 8.47. The fourth-order valence-corrected chi connectivity index (χ4v) is 1.98. The van der Waals surface area contributed by atoms with Crippen LogP contribution in [0.2, 0.25) is 0 Å². The van der Waals surface area contributed by atoms with Gasteiger partial charge < -0.3 is 14.7 Å². The number of rotatable bonds is 7. The van der Waals surface area contributed by atoms with Crippen LogP contribution in [0.3, 0.4) is 0 Å². The number of aromatic hydroxyl groups is 1. The van der Waals surface area contributed by atoms with Gasteiger partial charge in [0, 0.05) is 37.5 Å². The highest BCUT2D eigenvalue weighted by Crippen LogP contribution is 2.25. The molecule has 0 unspecified atom stereocenters. The SMILES string of the molecule is CN(C)c1cccc(OCC(=O)N/N=C/c2ccc(O)c([N+](=O)[O-])c2)c1. The molecule has 2 aromatic rings. The molecule has 0 bridgehead atoms. The second-order valence-electron chi connectivity index (χ2n) is 5.48. The van der Waals surface area contributed by atoms with Crippen molar-refractivity contribution in [2.45, 2.75) is 0 Å². The third kappa shape index (κ3) is 5.20. The monoisotopic (exact) mass is 358 g/mol. The fraction of sp³-hybridized carbons (Fsp3) is 0.176. The Morgan fingerprint density at radius 3 is 2.81 bits per heavy atom. The standard InChI is InChI=1S/C17H18N4O5/c1-20(2)13-4-3-5-14(9-13)26-11-17(23)19-18-10-12-6-7-16(22)15(8-12)21(24)25/h3-10,22H,11H2,1-2H3,(H,19,23)/b18-10+. The number of hydrogen-bond donors (Lipinski definition) is 2. The minimum absolute atomic E-state index is 0.232. The van der Waals surface area contributed by atoms with E-state index in [1.54, 1.807) is 12.1 Å². The number of phenols is 1. The number of hydrogen-bond acceptors (Lipinski definition) is 7. The van der Waals surface area contributed by atoms with Gasteiger partial charge in [-0.2, -0.15) is 5.10 Å². The number of nitro groups is 1. The van der Waals surface area contributed by atoms with E-state index in [1.807, 2.05) is 31.1 Å². The molecule has 0 atom stereocenters. The topological polar surface area (TPSA) is 117 Å². The lowest BCUT2D eigenvalue weighted by Gasteiger charge is -2.13. The molecular formula is C17H18N4O5. The molecule has 2 rings (SSSR count). The molecule has 0 aliphatic heterocycles. The second-order valence-corrected chi connectivity index (χ2v) is 5.48. The average Bonchev–Trinajstić information content (AvgIpc) is 2.61. The minimum Gasteiger partial charge on any atom is -0.502 e. The number of phenolic OH excluding ortho intramolecular Hbond substituents is 1. The molecule has 9 nitrogen and oxygen atoms in total. The van der Waals surface area contributed by atoms with Crippen molar-refractivity contribution >= 4 is 23.5 Å². The van der Waals surface area contributed by atoms with Gasteiger partial charge in [0.25, 0.3) is 5.91 Å². The van der Waals surface area contributed by atoms with Crippen molar-refractivity contribution in [1.29, 1.82) is 0 Å². The molecule has 0 aromatic heterocycles. The van der Waals surface area contributed by atoms with Gasteiger partial charge in [0.2, 0.25) is 0 Å². The Morgan fingerprint density at radius 2 is 2.12 bits per heavy atom. The largest absolute Gasteiger partial charge is 0.502 e. The highest BCUT2D eigenvalue weighted by Gasteiger charge is 2.12. The van der Waals surface area contributed by atoms with Crippen LogP contribution in [0.15, 0.2) is 47.6 Å². The molecule has 0 heterocycles. The highest BCUT2D eigenvalue weighted by atomic mass is 16.6. The fourth-order valence-electron chi connectivity index (χ4n) is 1.98. The number of anilines is 1. The minimum atomic E-state index is -0.707. The molecule has 0 fully saturated rings. The molecule has 0 aliphatic rings. The van der Waals surface area contributed by atoms with Crippen LogP contribution in [-0.2, 0) is 4.79 Å². The van der Waals surface area contributed by atoms with E-state index in [-0.39, 0.29) is 6.61 Å². The summed E-state index contributed by atoms with van der Waals surface area (Å²) in [6.07, 6.45) is 1.23. The molecule has 9 heteroatoms. The van der Waals surface area contributed by atoms with E-state index < -0.39 is 22.3 Å². The van der Waals surface area contributed by atoms with Gasteiger partial charge in [-0.1, -0.05) is 6.07 Å². The average molecular weight is 358 g/mol. The number of benzene rings is 2. The summed E-state index contributed by atoms with van der Waals surface area (Å²) in [5.41, 5.74) is 3.12. The van der Waals surface area contributed by atoms with Gasteiger partial charge >= 0.3 is 5.69 Å². The van der Waals surface area contributed by atoms with E-state index in [4.69, 9.17) is 4.74 Å². The predicted molar refractivity (Wildman–Crippen MR) is 96.8 cm³/mol. The van der Waals surface area contributed by atoms with E-state index >= 15 is 0 Å². The summed E-state index contributed by atoms with van der Waals surface area (Å²) in [5.74, 6) is -0.376. The molecule has 0 aliphatic carbocycles. The Labute approximate surface area is 149 Å². The lowest BCUT2D eigenvalue weighted by atomic mass is 10.2. The molecule has 1 amide bonds. The van der Waals surface area contributed by atoms with Crippen molar-refractivity contribution in [2.24, 2.45) is 5.10 Å².